The largest absolute Gasteiger partial charge is 0.354 e. The van der Waals surface area contributed by atoms with Crippen LogP contribution < -0.4 is 21.3 Å². The highest BCUT2D eigenvalue weighted by molar-refractivity contribution is 7.90. The number of halogens is 3. The molecule has 0 aliphatic carbocycles. The van der Waals surface area contributed by atoms with E-state index in [-0.39, 0.29) is 30.7 Å². The van der Waals surface area contributed by atoms with Crippen molar-refractivity contribution in [2.45, 2.75) is 31.9 Å². The van der Waals surface area contributed by atoms with Crippen LogP contribution in [0.25, 0.3) is 22.2 Å². The molecule has 4 rings (SSSR count). The van der Waals surface area contributed by atoms with Gasteiger partial charge in [-0.25, -0.2) is 18.2 Å². The fraction of sp³-hybridized carbons (Fsp3) is 0.435. The van der Waals surface area contributed by atoms with Crippen molar-refractivity contribution in [3.05, 3.63) is 46.4 Å². The summed E-state index contributed by atoms with van der Waals surface area (Å²) in [5, 5.41) is 3.42. The lowest BCUT2D eigenvalue weighted by Crippen LogP contribution is -2.34. The van der Waals surface area contributed by atoms with Crippen molar-refractivity contribution < 1.29 is 21.6 Å². The summed E-state index contributed by atoms with van der Waals surface area (Å²) in [6, 6.07) is 3.03. The van der Waals surface area contributed by atoms with Gasteiger partial charge in [-0.3, -0.25) is 14.1 Å². The molecule has 37 heavy (non-hydrogen) atoms. The van der Waals surface area contributed by atoms with Gasteiger partial charge in [0.15, 0.2) is 5.82 Å². The molecule has 4 N–H and O–H groups in total. The maximum atomic E-state index is 15.5. The van der Waals surface area contributed by atoms with Crippen LogP contribution in [0.4, 0.5) is 24.8 Å². The summed E-state index contributed by atoms with van der Waals surface area (Å²) in [6.45, 7) is 0.799. The van der Waals surface area contributed by atoms with E-state index in [1.54, 1.807) is 0 Å². The van der Waals surface area contributed by atoms with Crippen molar-refractivity contribution >= 4 is 32.9 Å². The topological polar surface area (TPSA) is 135 Å². The molecule has 3 heterocycles. The fourth-order valence-corrected chi connectivity index (χ4v) is 5.41. The molecule has 0 spiro atoms. The van der Waals surface area contributed by atoms with Gasteiger partial charge in [0.1, 0.15) is 17.6 Å². The second-order valence-corrected chi connectivity index (χ2v) is 10.5. The number of fused-ring (bicyclic) bond motifs is 1. The standard InChI is InChI=1S/C23H28F3N7O3S/c1-32-21-14(12-29-23(30-21)28-9-4-2-3-8-27)11-16(22(32)34)19-17(25)5-6-18(20(19)26)31-37(35,36)33-10-7-15(24)13-33/h5-6,11-12,15,31H,2-4,7-10,13,27H2,1H3,(H,28,29,30)/t15-/m1/s1. The number of nitrogens with two attached hydrogens (primary N) is 1. The number of aromatic nitrogens is 3. The first-order valence-corrected chi connectivity index (χ1v) is 13.3. The van der Waals surface area contributed by atoms with E-state index in [0.717, 1.165) is 40.3 Å². The number of pyridine rings is 1. The SMILES string of the molecule is Cn1c(=O)c(-c2c(F)ccc(NS(=O)(=O)N3CC[C@@H](F)C3)c2F)cc2cnc(NCCCCCN)nc21. The Bertz CT molecular complexity index is 1470. The van der Waals surface area contributed by atoms with Gasteiger partial charge in [-0.2, -0.15) is 17.7 Å². The Labute approximate surface area is 211 Å². The number of nitrogens with one attached hydrogen (secondary N) is 2. The molecule has 1 saturated heterocycles. The molecule has 1 aliphatic heterocycles. The van der Waals surface area contributed by atoms with Gasteiger partial charge in [-0.15, -0.1) is 0 Å². The van der Waals surface area contributed by atoms with E-state index in [1.165, 1.54) is 19.3 Å². The maximum Gasteiger partial charge on any atom is 0.301 e. The van der Waals surface area contributed by atoms with Gasteiger partial charge in [0.2, 0.25) is 5.95 Å². The van der Waals surface area contributed by atoms with Crippen LogP contribution in [0.3, 0.4) is 0 Å². The van der Waals surface area contributed by atoms with E-state index in [9.17, 15) is 22.0 Å². The molecule has 200 valence electrons. The summed E-state index contributed by atoms with van der Waals surface area (Å²) in [6.07, 6.45) is 2.85. The molecular formula is C23H28F3N7O3S. The second kappa shape index (κ2) is 11.0. The minimum atomic E-state index is -4.29. The van der Waals surface area contributed by atoms with Crippen molar-refractivity contribution in [3.8, 4) is 11.1 Å². The molecule has 1 aliphatic rings. The third-order valence-electron chi connectivity index (χ3n) is 6.15. The van der Waals surface area contributed by atoms with E-state index in [4.69, 9.17) is 5.73 Å². The van der Waals surface area contributed by atoms with Gasteiger partial charge >= 0.3 is 10.2 Å². The van der Waals surface area contributed by atoms with E-state index >= 15 is 4.39 Å². The highest BCUT2D eigenvalue weighted by Crippen LogP contribution is 2.31. The van der Waals surface area contributed by atoms with Crippen molar-refractivity contribution in [3.63, 3.8) is 0 Å². The van der Waals surface area contributed by atoms with Crippen LogP contribution in [0.2, 0.25) is 0 Å². The van der Waals surface area contributed by atoms with Crippen LogP contribution in [-0.4, -0.2) is 59.6 Å². The molecule has 3 aromatic rings. The van der Waals surface area contributed by atoms with Gasteiger partial charge in [-0.05, 0) is 44.0 Å². The molecule has 10 nitrogen and oxygen atoms in total. The molecule has 0 bridgehead atoms. The molecule has 14 heteroatoms. The van der Waals surface area contributed by atoms with Crippen molar-refractivity contribution in [2.75, 3.05) is 36.2 Å². The number of unbranched alkanes of at least 4 members (excludes halogenated alkanes) is 2. The maximum absolute atomic E-state index is 15.5. The van der Waals surface area contributed by atoms with Crippen LogP contribution in [-0.2, 0) is 17.3 Å². The van der Waals surface area contributed by atoms with Crippen molar-refractivity contribution in [1.29, 1.82) is 0 Å². The zero-order valence-corrected chi connectivity index (χ0v) is 21.0. The third-order valence-corrected chi connectivity index (χ3v) is 7.63. The number of hydrogen-bond donors (Lipinski definition) is 3. The Morgan fingerprint density at radius 1 is 1.22 bits per heavy atom. The zero-order valence-electron chi connectivity index (χ0n) is 20.2. The number of alkyl halides is 1. The van der Waals surface area contributed by atoms with E-state index in [2.05, 4.69) is 15.3 Å². The monoisotopic (exact) mass is 539 g/mol. The number of hydrogen-bond acceptors (Lipinski definition) is 7. The van der Waals surface area contributed by atoms with Gasteiger partial charge < -0.3 is 11.1 Å². The van der Waals surface area contributed by atoms with Gasteiger partial charge in [0.05, 0.1) is 16.8 Å². The molecular weight excluding hydrogens is 511 g/mol. The van der Waals surface area contributed by atoms with Crippen LogP contribution in [0, 0.1) is 11.6 Å². The van der Waals surface area contributed by atoms with E-state index in [1.807, 2.05) is 4.72 Å². The predicted octanol–water partition coefficient (Wildman–Crippen LogP) is 2.52. The first kappa shape index (κ1) is 26.8. The molecule has 1 aromatic carbocycles. The second-order valence-electron chi connectivity index (χ2n) is 8.81. The number of nitrogens with zero attached hydrogens (tertiary/aromatic N) is 4. The highest BCUT2D eigenvalue weighted by Gasteiger charge is 2.32. The molecule has 0 saturated carbocycles. The zero-order chi connectivity index (χ0) is 26.7. The Balaban J connectivity index is 1.67. The summed E-state index contributed by atoms with van der Waals surface area (Å²) in [5.41, 5.74) is 3.40. The van der Waals surface area contributed by atoms with Gasteiger partial charge in [0, 0.05) is 38.3 Å². The Morgan fingerprint density at radius 2 is 2.00 bits per heavy atom. The quantitative estimate of drug-likeness (QED) is 0.337. The lowest BCUT2D eigenvalue weighted by molar-refractivity contribution is 0.343. The van der Waals surface area contributed by atoms with Crippen molar-refractivity contribution in [2.24, 2.45) is 12.8 Å². The van der Waals surface area contributed by atoms with Crippen LogP contribution in [0.1, 0.15) is 25.7 Å². The smallest absolute Gasteiger partial charge is 0.301 e. The summed E-state index contributed by atoms with van der Waals surface area (Å²) in [4.78, 5) is 21.7. The third kappa shape index (κ3) is 5.70. The molecule has 2 aromatic heterocycles. The predicted molar refractivity (Wildman–Crippen MR) is 135 cm³/mol. The van der Waals surface area contributed by atoms with E-state index < -0.39 is 44.8 Å². The van der Waals surface area contributed by atoms with Gasteiger partial charge in [-0.1, -0.05) is 6.42 Å². The summed E-state index contributed by atoms with van der Waals surface area (Å²) >= 11 is 0. The molecule has 0 radical (unpaired) electrons. The first-order valence-electron chi connectivity index (χ1n) is 11.8. The summed E-state index contributed by atoms with van der Waals surface area (Å²) in [7, 11) is -2.87. The highest BCUT2D eigenvalue weighted by atomic mass is 32.2. The first-order chi connectivity index (χ1) is 17.6. The molecule has 1 fully saturated rings. The van der Waals surface area contributed by atoms with Crippen LogP contribution in [0.5, 0.6) is 0 Å². The van der Waals surface area contributed by atoms with Crippen LogP contribution >= 0.6 is 0 Å². The molecule has 0 amide bonds. The summed E-state index contributed by atoms with van der Waals surface area (Å²) in [5.74, 6) is -2.03. The average molecular weight is 540 g/mol. The number of anilines is 2. The summed E-state index contributed by atoms with van der Waals surface area (Å²) < 4.78 is 73.0. The lowest BCUT2D eigenvalue weighted by atomic mass is 10.0. The average Bonchev–Trinajstić information content (AvgIpc) is 3.31. The Kier molecular flexibility index (Phi) is 7.99. The fourth-order valence-electron chi connectivity index (χ4n) is 4.14. The number of aryl methyl sites for hydroxylation is 1. The lowest BCUT2D eigenvalue weighted by Gasteiger charge is -2.18. The number of rotatable bonds is 10. The molecule has 1 atom stereocenters. The van der Waals surface area contributed by atoms with Crippen molar-refractivity contribution in [1.82, 2.24) is 18.8 Å². The minimum absolute atomic E-state index is 0.0266. The minimum Gasteiger partial charge on any atom is -0.354 e. The Morgan fingerprint density at radius 3 is 2.70 bits per heavy atom. The normalized spacial score (nSPS) is 16.4. The Hall–Kier alpha value is -3.23. The number of benzene rings is 1. The van der Waals surface area contributed by atoms with Gasteiger partial charge in [0.25, 0.3) is 5.56 Å². The van der Waals surface area contributed by atoms with E-state index in [0.29, 0.717) is 24.4 Å². The van der Waals surface area contributed by atoms with Crippen LogP contribution in [0.15, 0.2) is 29.2 Å². The molecule has 0 unspecified atom stereocenters.